The van der Waals surface area contributed by atoms with E-state index in [9.17, 15) is 0 Å². The third-order valence-electron chi connectivity index (χ3n) is 4.84. The van der Waals surface area contributed by atoms with Crippen molar-refractivity contribution in [3.05, 3.63) is 102 Å². The van der Waals surface area contributed by atoms with Crippen LogP contribution in [0.25, 0.3) is 0 Å². The first-order valence-electron chi connectivity index (χ1n) is 8.77. The molecule has 0 aliphatic carbocycles. The molecule has 4 rings (SSSR count). The van der Waals surface area contributed by atoms with Crippen LogP contribution >= 0.6 is 0 Å². The topological polar surface area (TPSA) is 15.6 Å². The molecule has 2 heteroatoms. The molecule has 0 spiro atoms. The predicted molar refractivity (Wildman–Crippen MR) is 105 cm³/mol. The molecule has 0 saturated carbocycles. The second-order valence-electron chi connectivity index (χ2n) is 6.58. The number of hydrogen-bond donors (Lipinski definition) is 0. The molecule has 0 N–H and O–H groups in total. The van der Waals surface area contributed by atoms with Gasteiger partial charge in [0, 0.05) is 5.69 Å². The summed E-state index contributed by atoms with van der Waals surface area (Å²) in [6.07, 6.45) is 0.00844. The summed E-state index contributed by atoms with van der Waals surface area (Å²) < 4.78 is 0. The van der Waals surface area contributed by atoms with Crippen molar-refractivity contribution in [3.8, 4) is 0 Å². The molecule has 2 nitrogen and oxygen atoms in total. The predicted octanol–water partition coefficient (Wildman–Crippen LogP) is 5.39. The van der Waals surface area contributed by atoms with Gasteiger partial charge in [-0.2, -0.15) is 0 Å². The van der Waals surface area contributed by atoms with Crippen LogP contribution in [0.4, 0.5) is 5.69 Å². The maximum absolute atomic E-state index is 5.13. The summed E-state index contributed by atoms with van der Waals surface area (Å²) >= 11 is 0. The summed E-state index contributed by atoms with van der Waals surface area (Å²) in [6.45, 7) is 4.37. The van der Waals surface area contributed by atoms with Crippen molar-refractivity contribution >= 4 is 11.4 Å². The molecule has 0 radical (unpaired) electrons. The van der Waals surface area contributed by atoms with Gasteiger partial charge in [-0.05, 0) is 37.1 Å². The first-order valence-corrected chi connectivity index (χ1v) is 8.77. The monoisotopic (exact) mass is 326 g/mol. The molecule has 1 heterocycles. The van der Waals surface area contributed by atoms with Crippen molar-refractivity contribution in [2.75, 3.05) is 4.90 Å². The number of hydrogen-bond acceptors (Lipinski definition) is 2. The third-order valence-corrected chi connectivity index (χ3v) is 4.84. The highest BCUT2D eigenvalue weighted by atomic mass is 15.3. The van der Waals surface area contributed by atoms with Crippen LogP contribution in [0.5, 0.6) is 0 Å². The Hall–Kier alpha value is -2.87. The molecular weight excluding hydrogens is 304 g/mol. The molecule has 0 bridgehead atoms. The molecule has 124 valence electrons. The number of aryl methyl sites for hydroxylation is 1. The molecule has 3 aromatic carbocycles. The number of rotatable bonds is 3. The summed E-state index contributed by atoms with van der Waals surface area (Å²) in [6, 6.07) is 30.0. The average Bonchev–Trinajstić information content (AvgIpc) is 3.01. The Balaban J connectivity index is 1.80. The van der Waals surface area contributed by atoms with Crippen LogP contribution in [-0.2, 0) is 0 Å². The lowest BCUT2D eigenvalue weighted by molar-refractivity contribution is 0.675. The molecule has 0 fully saturated rings. The van der Waals surface area contributed by atoms with E-state index in [1.165, 1.54) is 22.4 Å². The van der Waals surface area contributed by atoms with E-state index in [1.807, 2.05) is 0 Å². The van der Waals surface area contributed by atoms with Gasteiger partial charge in [0.15, 0.2) is 0 Å². The fourth-order valence-electron chi connectivity index (χ4n) is 3.51. The number of aliphatic imine (C=N–C) groups is 1. The van der Waals surface area contributed by atoms with E-state index >= 15 is 0 Å². The summed E-state index contributed by atoms with van der Waals surface area (Å²) in [5.74, 6) is 0. The molecule has 3 aromatic rings. The standard InChI is InChI=1S/C23H22N2/c1-17-13-15-21(16-14-17)25-18(2)22(19-9-5-3-6-10-19)24-23(25)20-11-7-4-8-12-20/h3-16,18,23H,1-2H3. The normalized spacial score (nSPS) is 19.8. The van der Waals surface area contributed by atoms with Crippen LogP contribution < -0.4 is 4.90 Å². The van der Waals surface area contributed by atoms with Crippen molar-refractivity contribution < 1.29 is 0 Å². The van der Waals surface area contributed by atoms with E-state index in [-0.39, 0.29) is 12.2 Å². The summed E-state index contributed by atoms with van der Waals surface area (Å²) in [7, 11) is 0. The largest absolute Gasteiger partial charge is 0.337 e. The van der Waals surface area contributed by atoms with Gasteiger partial charge < -0.3 is 4.90 Å². The van der Waals surface area contributed by atoms with E-state index in [0.29, 0.717) is 0 Å². The minimum absolute atomic E-state index is 0.00844. The van der Waals surface area contributed by atoms with Gasteiger partial charge in [-0.3, -0.25) is 4.99 Å². The Bertz CT molecular complexity index is 867. The SMILES string of the molecule is Cc1ccc(N2C(C)C(c3ccccc3)=NC2c2ccccc2)cc1. The number of nitrogens with zero attached hydrogens (tertiary/aromatic N) is 2. The molecule has 0 aromatic heterocycles. The van der Waals surface area contributed by atoms with Gasteiger partial charge in [0.25, 0.3) is 0 Å². The zero-order valence-electron chi connectivity index (χ0n) is 14.6. The molecule has 0 amide bonds. The van der Waals surface area contributed by atoms with Gasteiger partial charge in [-0.25, -0.2) is 0 Å². The Labute approximate surface area is 149 Å². The minimum atomic E-state index is 0.00844. The van der Waals surface area contributed by atoms with E-state index in [4.69, 9.17) is 4.99 Å². The van der Waals surface area contributed by atoms with Gasteiger partial charge in [0.05, 0.1) is 11.8 Å². The van der Waals surface area contributed by atoms with Gasteiger partial charge in [-0.1, -0.05) is 78.4 Å². The van der Waals surface area contributed by atoms with Crippen LogP contribution in [0.3, 0.4) is 0 Å². The van der Waals surface area contributed by atoms with E-state index < -0.39 is 0 Å². The fourth-order valence-corrected chi connectivity index (χ4v) is 3.51. The molecule has 1 aliphatic rings. The van der Waals surface area contributed by atoms with Crippen molar-refractivity contribution in [1.29, 1.82) is 0 Å². The van der Waals surface area contributed by atoms with E-state index in [0.717, 1.165) is 5.71 Å². The summed E-state index contributed by atoms with van der Waals surface area (Å²) in [4.78, 5) is 7.55. The van der Waals surface area contributed by atoms with Crippen LogP contribution in [0.1, 0.15) is 29.8 Å². The van der Waals surface area contributed by atoms with Gasteiger partial charge in [0.1, 0.15) is 6.17 Å². The Kier molecular flexibility index (Phi) is 4.10. The lowest BCUT2D eigenvalue weighted by Crippen LogP contribution is -2.35. The smallest absolute Gasteiger partial charge is 0.148 e. The van der Waals surface area contributed by atoms with Crippen molar-refractivity contribution in [1.82, 2.24) is 0 Å². The molecule has 0 saturated heterocycles. The van der Waals surface area contributed by atoms with Crippen molar-refractivity contribution in [2.45, 2.75) is 26.1 Å². The van der Waals surface area contributed by atoms with Crippen LogP contribution in [-0.4, -0.2) is 11.8 Å². The lowest BCUT2D eigenvalue weighted by Gasteiger charge is -2.30. The highest BCUT2D eigenvalue weighted by molar-refractivity contribution is 6.07. The summed E-state index contributed by atoms with van der Waals surface area (Å²) in [5.41, 5.74) is 6.05. The van der Waals surface area contributed by atoms with E-state index in [2.05, 4.69) is 104 Å². The maximum Gasteiger partial charge on any atom is 0.148 e. The first-order chi connectivity index (χ1) is 12.2. The van der Waals surface area contributed by atoms with Crippen LogP contribution in [0, 0.1) is 6.92 Å². The van der Waals surface area contributed by atoms with E-state index in [1.54, 1.807) is 0 Å². The highest BCUT2D eigenvalue weighted by Gasteiger charge is 2.34. The molecule has 25 heavy (non-hydrogen) atoms. The average molecular weight is 326 g/mol. The molecule has 1 aliphatic heterocycles. The van der Waals surface area contributed by atoms with Crippen LogP contribution in [0.2, 0.25) is 0 Å². The lowest BCUT2D eigenvalue weighted by atomic mass is 10.0. The Morgan fingerprint density at radius 2 is 1.36 bits per heavy atom. The Morgan fingerprint density at radius 3 is 2.00 bits per heavy atom. The zero-order chi connectivity index (χ0) is 17.2. The molecule has 2 unspecified atom stereocenters. The van der Waals surface area contributed by atoms with Gasteiger partial charge >= 0.3 is 0 Å². The van der Waals surface area contributed by atoms with Gasteiger partial charge in [-0.15, -0.1) is 0 Å². The maximum atomic E-state index is 5.13. The second kappa shape index (κ2) is 6.56. The minimum Gasteiger partial charge on any atom is -0.337 e. The quantitative estimate of drug-likeness (QED) is 0.630. The third kappa shape index (κ3) is 2.96. The zero-order valence-corrected chi connectivity index (χ0v) is 14.6. The number of anilines is 1. The number of benzene rings is 3. The summed E-state index contributed by atoms with van der Waals surface area (Å²) in [5, 5.41) is 0. The van der Waals surface area contributed by atoms with Crippen molar-refractivity contribution in [3.63, 3.8) is 0 Å². The van der Waals surface area contributed by atoms with Crippen LogP contribution in [0.15, 0.2) is 89.9 Å². The highest BCUT2D eigenvalue weighted by Crippen LogP contribution is 2.37. The molecular formula is C23H22N2. The van der Waals surface area contributed by atoms with Crippen molar-refractivity contribution in [2.24, 2.45) is 4.99 Å². The second-order valence-corrected chi connectivity index (χ2v) is 6.58. The van der Waals surface area contributed by atoms with Gasteiger partial charge in [0.2, 0.25) is 0 Å². The molecule has 2 atom stereocenters. The first kappa shape index (κ1) is 15.6. The Morgan fingerprint density at radius 1 is 0.760 bits per heavy atom. The fraction of sp³-hybridized carbons (Fsp3) is 0.174.